The molecule has 1 aromatic rings. The number of carbonyl (C=O) groups excluding carboxylic acids is 1. The van der Waals surface area contributed by atoms with Crippen molar-refractivity contribution in [3.63, 3.8) is 0 Å². The first-order valence-corrected chi connectivity index (χ1v) is 9.49. The van der Waals surface area contributed by atoms with Crippen LogP contribution in [0.3, 0.4) is 0 Å². The van der Waals surface area contributed by atoms with Crippen molar-refractivity contribution in [3.8, 4) is 5.75 Å². The minimum Gasteiger partial charge on any atom is -0.495 e. The van der Waals surface area contributed by atoms with Gasteiger partial charge in [-0.2, -0.15) is 0 Å². The number of fused-ring (bicyclic) bond motifs is 2. The molecule has 0 amide bonds. The maximum atomic E-state index is 13.9. The Balaban J connectivity index is 1.62. The molecule has 5 fully saturated rings. The van der Waals surface area contributed by atoms with Crippen molar-refractivity contribution in [2.75, 3.05) is 25.6 Å². The average Bonchev–Trinajstić information content (AvgIpc) is 3.04. The molecule has 4 nitrogen and oxygen atoms in total. The zero-order chi connectivity index (χ0) is 17.1. The number of rotatable bonds is 1. The van der Waals surface area contributed by atoms with Gasteiger partial charge >= 0.3 is 0 Å². The Morgan fingerprint density at radius 2 is 2.16 bits per heavy atom. The molecule has 0 radical (unpaired) electrons. The fraction of sp³-hybridized carbons (Fsp3) is 0.571. The normalized spacial score (nSPS) is 46.8. The SMILES string of the molecule is C/C=C1\CN2C3C[C@@H]1[C@@H]1C(=O)C4(C[C@@H]12)c1cccc(OC)c1N(C)[C@@H]34. The third-order valence-electron chi connectivity index (χ3n) is 8.02. The van der Waals surface area contributed by atoms with Crippen molar-refractivity contribution in [3.05, 3.63) is 35.4 Å². The van der Waals surface area contributed by atoms with Crippen LogP contribution >= 0.6 is 0 Å². The third-order valence-corrected chi connectivity index (χ3v) is 8.02. The Kier molecular flexibility index (Phi) is 2.47. The van der Waals surface area contributed by atoms with Gasteiger partial charge in [0.15, 0.2) is 5.78 Å². The summed E-state index contributed by atoms with van der Waals surface area (Å²) in [6, 6.07) is 7.47. The summed E-state index contributed by atoms with van der Waals surface area (Å²) < 4.78 is 5.67. The van der Waals surface area contributed by atoms with E-state index in [9.17, 15) is 4.79 Å². The molecule has 1 saturated carbocycles. The van der Waals surface area contributed by atoms with Crippen molar-refractivity contribution in [2.24, 2.45) is 11.8 Å². The lowest BCUT2D eigenvalue weighted by molar-refractivity contribution is -0.126. The van der Waals surface area contributed by atoms with Crippen molar-refractivity contribution in [1.29, 1.82) is 0 Å². The van der Waals surface area contributed by atoms with Gasteiger partial charge < -0.3 is 9.64 Å². The Bertz CT molecular complexity index is 846. The zero-order valence-corrected chi connectivity index (χ0v) is 15.0. The lowest BCUT2D eigenvalue weighted by atomic mass is 9.65. The summed E-state index contributed by atoms with van der Waals surface area (Å²) in [4.78, 5) is 18.9. The van der Waals surface area contributed by atoms with Gasteiger partial charge in [0.25, 0.3) is 0 Å². The van der Waals surface area contributed by atoms with E-state index in [1.165, 1.54) is 11.1 Å². The second kappa shape index (κ2) is 4.29. The van der Waals surface area contributed by atoms with Gasteiger partial charge in [0.1, 0.15) is 5.75 Å². The summed E-state index contributed by atoms with van der Waals surface area (Å²) in [7, 11) is 3.91. The quantitative estimate of drug-likeness (QED) is 0.737. The van der Waals surface area contributed by atoms with Crippen LogP contribution in [0.2, 0.25) is 0 Å². The van der Waals surface area contributed by atoms with Gasteiger partial charge in [-0.3, -0.25) is 9.69 Å². The minimum absolute atomic E-state index is 0.201. The standard InChI is InChI=1S/C21H24N2O2/c1-4-11-10-23-14-8-12(11)17-15(23)9-21(20(17)24)13-6-5-7-16(25-3)18(13)22(2)19(14)21/h4-7,12,14-15,17,19H,8-10H2,1-3H3/b11-4+/t12-,14?,15-,17-,19-,21?/m0/s1. The number of hydrogen-bond donors (Lipinski definition) is 0. The van der Waals surface area contributed by atoms with E-state index in [4.69, 9.17) is 4.74 Å². The topological polar surface area (TPSA) is 32.8 Å². The zero-order valence-electron chi connectivity index (χ0n) is 15.0. The molecule has 6 aliphatic rings. The minimum atomic E-state index is -0.312. The van der Waals surface area contributed by atoms with Crippen molar-refractivity contribution in [2.45, 2.75) is 43.3 Å². The maximum Gasteiger partial charge on any atom is 0.150 e. The fourth-order valence-electron chi connectivity index (χ4n) is 7.29. The molecule has 3 unspecified atom stereocenters. The van der Waals surface area contributed by atoms with Gasteiger partial charge in [0.2, 0.25) is 0 Å². The molecule has 25 heavy (non-hydrogen) atoms. The van der Waals surface area contributed by atoms with Crippen LogP contribution in [-0.2, 0) is 10.2 Å². The molecular weight excluding hydrogens is 312 g/mol. The number of benzene rings is 1. The van der Waals surface area contributed by atoms with Crippen LogP contribution in [0.4, 0.5) is 5.69 Å². The Hall–Kier alpha value is -1.81. The first-order valence-electron chi connectivity index (χ1n) is 9.49. The smallest absolute Gasteiger partial charge is 0.150 e. The lowest BCUT2D eigenvalue weighted by Gasteiger charge is -2.58. The number of ketones is 1. The highest BCUT2D eigenvalue weighted by molar-refractivity contribution is 6.02. The number of nitrogens with zero attached hydrogens (tertiary/aromatic N) is 2. The summed E-state index contributed by atoms with van der Waals surface area (Å²) in [6.07, 6.45) is 4.40. The number of piperidine rings is 4. The molecule has 4 saturated heterocycles. The lowest BCUT2D eigenvalue weighted by Crippen LogP contribution is -2.68. The number of ether oxygens (including phenoxy) is 1. The van der Waals surface area contributed by atoms with E-state index in [0.29, 0.717) is 23.8 Å². The van der Waals surface area contributed by atoms with E-state index in [0.717, 1.165) is 30.8 Å². The average molecular weight is 336 g/mol. The summed E-state index contributed by atoms with van der Waals surface area (Å²) >= 11 is 0. The molecule has 0 N–H and O–H groups in total. The molecule has 1 aliphatic carbocycles. The van der Waals surface area contributed by atoms with Crippen LogP contribution in [0.15, 0.2) is 29.8 Å². The number of carbonyl (C=O) groups is 1. The van der Waals surface area contributed by atoms with E-state index < -0.39 is 0 Å². The summed E-state index contributed by atoms with van der Waals surface area (Å²) in [6.45, 7) is 3.20. The molecule has 4 heteroatoms. The Labute approximate surface area is 148 Å². The second-order valence-corrected chi connectivity index (χ2v) is 8.49. The highest BCUT2D eigenvalue weighted by Gasteiger charge is 2.74. The summed E-state index contributed by atoms with van der Waals surface area (Å²) in [5.74, 6) is 2.09. The molecule has 5 aliphatic heterocycles. The monoisotopic (exact) mass is 336 g/mol. The van der Waals surface area contributed by atoms with E-state index >= 15 is 0 Å². The first kappa shape index (κ1) is 14.4. The molecule has 7 atom stereocenters. The van der Waals surface area contributed by atoms with Gasteiger partial charge in [0.05, 0.1) is 24.3 Å². The molecule has 1 spiro atoms. The van der Waals surface area contributed by atoms with Crippen LogP contribution in [0.1, 0.15) is 25.3 Å². The number of Topliss-reactive ketones (excluding diaryl/α,β-unsaturated/α-hetero) is 1. The van der Waals surface area contributed by atoms with Gasteiger partial charge in [-0.15, -0.1) is 0 Å². The van der Waals surface area contributed by atoms with Crippen LogP contribution < -0.4 is 9.64 Å². The van der Waals surface area contributed by atoms with Crippen molar-refractivity contribution >= 4 is 11.5 Å². The Morgan fingerprint density at radius 1 is 1.32 bits per heavy atom. The van der Waals surface area contributed by atoms with E-state index in [-0.39, 0.29) is 17.4 Å². The van der Waals surface area contributed by atoms with Crippen LogP contribution in [0.5, 0.6) is 5.75 Å². The molecule has 0 aromatic heterocycles. The molecule has 7 rings (SSSR count). The van der Waals surface area contributed by atoms with Crippen LogP contribution in [-0.4, -0.2) is 49.5 Å². The van der Waals surface area contributed by atoms with Gasteiger partial charge in [-0.05, 0) is 37.3 Å². The summed E-state index contributed by atoms with van der Waals surface area (Å²) in [5, 5.41) is 0. The molecule has 5 heterocycles. The number of para-hydroxylation sites is 1. The van der Waals surface area contributed by atoms with Crippen molar-refractivity contribution < 1.29 is 9.53 Å². The van der Waals surface area contributed by atoms with Gasteiger partial charge in [-0.25, -0.2) is 0 Å². The number of hydrogen-bond acceptors (Lipinski definition) is 4. The maximum absolute atomic E-state index is 13.9. The number of anilines is 1. The number of likely N-dealkylation sites (N-methyl/N-ethyl adjacent to an activating group) is 1. The van der Waals surface area contributed by atoms with Crippen molar-refractivity contribution in [1.82, 2.24) is 4.90 Å². The largest absolute Gasteiger partial charge is 0.495 e. The van der Waals surface area contributed by atoms with E-state index in [2.05, 4.69) is 42.0 Å². The predicted molar refractivity (Wildman–Crippen MR) is 96.1 cm³/mol. The van der Waals surface area contributed by atoms with Crippen LogP contribution in [0.25, 0.3) is 0 Å². The third kappa shape index (κ3) is 1.31. The van der Waals surface area contributed by atoms with Gasteiger partial charge in [-0.1, -0.05) is 23.8 Å². The fourth-order valence-corrected chi connectivity index (χ4v) is 7.29. The molecule has 5 bridgehead atoms. The Morgan fingerprint density at radius 3 is 2.92 bits per heavy atom. The molecule has 130 valence electrons. The van der Waals surface area contributed by atoms with E-state index in [1.54, 1.807) is 7.11 Å². The van der Waals surface area contributed by atoms with Crippen LogP contribution in [0, 0.1) is 11.8 Å². The molecular formula is C21H24N2O2. The highest BCUT2D eigenvalue weighted by Crippen LogP contribution is 2.67. The summed E-state index contributed by atoms with van der Waals surface area (Å²) in [5.41, 5.74) is 3.56. The highest BCUT2D eigenvalue weighted by atomic mass is 16.5. The molecule has 1 aromatic carbocycles. The predicted octanol–water partition coefficient (Wildman–Crippen LogP) is 2.37. The van der Waals surface area contributed by atoms with Gasteiger partial charge in [0, 0.05) is 31.6 Å². The van der Waals surface area contributed by atoms with E-state index in [1.807, 2.05) is 6.07 Å². The number of methoxy groups -OCH3 is 1. The second-order valence-electron chi connectivity index (χ2n) is 8.49. The number of allylic oxidation sites excluding steroid dienone is 1. The first-order chi connectivity index (χ1) is 12.1.